The first kappa shape index (κ1) is 27.3. The first-order valence-electron chi connectivity index (χ1n) is 13.2. The fourth-order valence-electron chi connectivity index (χ4n) is 4.41. The molecular weight excluding hydrogens is 520 g/mol. The molecule has 0 saturated heterocycles. The van der Waals surface area contributed by atoms with E-state index in [0.29, 0.717) is 29.4 Å². The van der Waals surface area contributed by atoms with E-state index in [-0.39, 0.29) is 31.3 Å². The molecule has 3 heterocycles. The van der Waals surface area contributed by atoms with Crippen molar-refractivity contribution < 1.29 is 9.53 Å². The number of anilines is 1. The van der Waals surface area contributed by atoms with E-state index >= 15 is 0 Å². The number of benzene rings is 2. The predicted molar refractivity (Wildman–Crippen MR) is 156 cm³/mol. The highest BCUT2D eigenvalue weighted by atomic mass is 16.5. The molecule has 0 fully saturated rings. The standard InChI is InChI=1S/C30H30N8O3/c1-4-5-15-37-27-25(36-29(37)31-16-20(2)33-30(40)41-19-22-11-7-6-8-12-22)17-32-38(28(27)39)18-26-34-21(3)23-13-9-10-14-24(23)35-26/h6-14,17,20H,15-16,18-19H2,1-3H3,(H,31,36)(H,33,40)/t20-/m0/s1. The van der Waals surface area contributed by atoms with Gasteiger partial charge in [-0.3, -0.25) is 9.36 Å². The number of para-hydroxylation sites is 1. The average Bonchev–Trinajstić information content (AvgIpc) is 3.34. The first-order chi connectivity index (χ1) is 19.9. The molecule has 5 aromatic rings. The smallest absolute Gasteiger partial charge is 0.407 e. The molecule has 3 aromatic heterocycles. The number of aromatic nitrogens is 6. The number of nitrogens with one attached hydrogen (secondary N) is 2. The molecule has 0 aliphatic carbocycles. The zero-order chi connectivity index (χ0) is 28.8. The van der Waals surface area contributed by atoms with E-state index < -0.39 is 6.09 Å². The minimum Gasteiger partial charge on any atom is -0.445 e. The highest BCUT2D eigenvalue weighted by Crippen LogP contribution is 2.17. The number of ether oxygens (including phenoxy) is 1. The maximum absolute atomic E-state index is 13.6. The quantitative estimate of drug-likeness (QED) is 0.266. The van der Waals surface area contributed by atoms with Crippen molar-refractivity contribution in [3.63, 3.8) is 0 Å². The number of carbonyl (C=O) groups excluding carboxylic acids is 1. The third-order valence-corrected chi connectivity index (χ3v) is 6.44. The molecule has 2 aromatic carbocycles. The van der Waals surface area contributed by atoms with Gasteiger partial charge < -0.3 is 15.4 Å². The SMILES string of the molecule is CC#CCn1c(NC[C@H](C)NC(=O)OCc2ccccc2)nc2cnn(Cc3nc(C)c4ccccc4n3)c(=O)c21. The number of imidazole rings is 1. The van der Waals surface area contributed by atoms with Gasteiger partial charge in [0.25, 0.3) is 5.56 Å². The van der Waals surface area contributed by atoms with Crippen molar-refractivity contribution in [2.75, 3.05) is 11.9 Å². The molecule has 0 radical (unpaired) electrons. The van der Waals surface area contributed by atoms with Gasteiger partial charge >= 0.3 is 6.09 Å². The number of alkyl carbamates (subject to hydrolysis) is 1. The first-order valence-corrected chi connectivity index (χ1v) is 13.2. The van der Waals surface area contributed by atoms with Crippen LogP contribution in [0, 0.1) is 18.8 Å². The number of hydrogen-bond donors (Lipinski definition) is 2. The molecule has 0 bridgehead atoms. The summed E-state index contributed by atoms with van der Waals surface area (Å²) < 4.78 is 8.36. The Morgan fingerprint density at radius 3 is 2.63 bits per heavy atom. The molecule has 11 nitrogen and oxygen atoms in total. The summed E-state index contributed by atoms with van der Waals surface area (Å²) in [6.07, 6.45) is 1.03. The maximum Gasteiger partial charge on any atom is 0.407 e. The number of rotatable bonds is 9. The summed E-state index contributed by atoms with van der Waals surface area (Å²) >= 11 is 0. The zero-order valence-corrected chi connectivity index (χ0v) is 23.1. The van der Waals surface area contributed by atoms with Gasteiger partial charge in [0.15, 0.2) is 5.82 Å². The lowest BCUT2D eigenvalue weighted by Gasteiger charge is -2.15. The Morgan fingerprint density at radius 1 is 1.05 bits per heavy atom. The second-order valence-electron chi connectivity index (χ2n) is 9.52. The monoisotopic (exact) mass is 550 g/mol. The Labute approximate surface area is 236 Å². The molecule has 1 amide bonds. The van der Waals surface area contributed by atoms with E-state index in [1.54, 1.807) is 17.7 Å². The van der Waals surface area contributed by atoms with Crippen LogP contribution in [0.2, 0.25) is 0 Å². The molecule has 2 N–H and O–H groups in total. The lowest BCUT2D eigenvalue weighted by atomic mass is 10.2. The average molecular weight is 551 g/mol. The molecular formula is C30H30N8O3. The van der Waals surface area contributed by atoms with Crippen molar-refractivity contribution in [2.45, 2.75) is 46.5 Å². The predicted octanol–water partition coefficient (Wildman–Crippen LogP) is 3.64. The molecule has 41 heavy (non-hydrogen) atoms. The second-order valence-corrected chi connectivity index (χ2v) is 9.52. The van der Waals surface area contributed by atoms with Crippen LogP contribution >= 0.6 is 0 Å². The Bertz CT molecular complexity index is 1820. The van der Waals surface area contributed by atoms with E-state index in [4.69, 9.17) is 4.74 Å². The summed E-state index contributed by atoms with van der Waals surface area (Å²) in [6.45, 7) is 6.38. The van der Waals surface area contributed by atoms with Gasteiger partial charge in [-0.2, -0.15) is 5.10 Å². The van der Waals surface area contributed by atoms with Crippen LogP contribution in [0.25, 0.3) is 21.9 Å². The summed E-state index contributed by atoms with van der Waals surface area (Å²) in [5, 5.41) is 11.3. The van der Waals surface area contributed by atoms with Crippen LogP contribution in [0.3, 0.4) is 0 Å². The highest BCUT2D eigenvalue weighted by Gasteiger charge is 2.18. The third-order valence-electron chi connectivity index (χ3n) is 6.44. The van der Waals surface area contributed by atoms with Gasteiger partial charge in [-0.15, -0.1) is 5.92 Å². The fourth-order valence-corrected chi connectivity index (χ4v) is 4.41. The molecule has 0 aliphatic rings. The largest absolute Gasteiger partial charge is 0.445 e. The van der Waals surface area contributed by atoms with Gasteiger partial charge in [0.2, 0.25) is 5.95 Å². The normalized spacial score (nSPS) is 11.6. The molecule has 5 rings (SSSR count). The summed E-state index contributed by atoms with van der Waals surface area (Å²) in [7, 11) is 0. The summed E-state index contributed by atoms with van der Waals surface area (Å²) in [4.78, 5) is 39.6. The third kappa shape index (κ3) is 6.33. The van der Waals surface area contributed by atoms with Crippen molar-refractivity contribution in [1.82, 2.24) is 34.6 Å². The van der Waals surface area contributed by atoms with Crippen LogP contribution in [0.5, 0.6) is 0 Å². The Balaban J connectivity index is 1.33. The topological polar surface area (TPSA) is 129 Å². The van der Waals surface area contributed by atoms with Gasteiger partial charge in [-0.25, -0.2) is 24.4 Å². The van der Waals surface area contributed by atoms with Gasteiger partial charge in [-0.05, 0) is 32.4 Å². The van der Waals surface area contributed by atoms with Crippen molar-refractivity contribution >= 4 is 34.0 Å². The van der Waals surface area contributed by atoms with E-state index in [9.17, 15) is 9.59 Å². The Morgan fingerprint density at radius 2 is 1.83 bits per heavy atom. The van der Waals surface area contributed by atoms with Gasteiger partial charge in [-0.1, -0.05) is 54.5 Å². The number of fused-ring (bicyclic) bond motifs is 2. The van der Waals surface area contributed by atoms with Gasteiger partial charge in [0.05, 0.1) is 18.3 Å². The van der Waals surface area contributed by atoms with Crippen LogP contribution < -0.4 is 16.2 Å². The maximum atomic E-state index is 13.6. The highest BCUT2D eigenvalue weighted by molar-refractivity contribution is 5.80. The van der Waals surface area contributed by atoms with E-state index in [1.807, 2.05) is 68.4 Å². The molecule has 0 saturated carbocycles. The molecule has 208 valence electrons. The molecule has 1 atom stereocenters. The molecule has 0 spiro atoms. The van der Waals surface area contributed by atoms with E-state index in [0.717, 1.165) is 22.2 Å². The summed E-state index contributed by atoms with van der Waals surface area (Å²) in [5.41, 5.74) is 3.02. The summed E-state index contributed by atoms with van der Waals surface area (Å²) in [5.74, 6) is 6.82. The number of carbonyl (C=O) groups is 1. The fraction of sp³-hybridized carbons (Fsp3) is 0.267. The zero-order valence-electron chi connectivity index (χ0n) is 23.1. The summed E-state index contributed by atoms with van der Waals surface area (Å²) in [6, 6.07) is 16.9. The second kappa shape index (κ2) is 12.3. The minimum atomic E-state index is -0.522. The lowest BCUT2D eigenvalue weighted by Crippen LogP contribution is -2.38. The van der Waals surface area contributed by atoms with Gasteiger partial charge in [0.1, 0.15) is 24.2 Å². The Kier molecular flexibility index (Phi) is 8.20. The molecule has 0 aliphatic heterocycles. The Hall–Kier alpha value is -5.24. The van der Waals surface area contributed by atoms with E-state index in [1.165, 1.54) is 4.68 Å². The van der Waals surface area contributed by atoms with Crippen molar-refractivity contribution in [3.8, 4) is 11.8 Å². The minimum absolute atomic E-state index is 0.111. The number of aryl methyl sites for hydroxylation is 1. The van der Waals surface area contributed by atoms with Crippen molar-refractivity contribution in [1.29, 1.82) is 0 Å². The number of amides is 1. The van der Waals surface area contributed by atoms with Crippen molar-refractivity contribution in [3.05, 3.63) is 88.2 Å². The molecule has 0 unspecified atom stereocenters. The number of hydrogen-bond acceptors (Lipinski definition) is 8. The van der Waals surface area contributed by atoms with Crippen LogP contribution in [-0.4, -0.2) is 48.0 Å². The number of nitrogens with zero attached hydrogens (tertiary/aromatic N) is 6. The van der Waals surface area contributed by atoms with Gasteiger partial charge in [0, 0.05) is 23.7 Å². The lowest BCUT2D eigenvalue weighted by molar-refractivity contribution is 0.137. The molecule has 11 heteroatoms. The van der Waals surface area contributed by atoms with Crippen LogP contribution in [0.4, 0.5) is 10.7 Å². The van der Waals surface area contributed by atoms with Crippen LogP contribution in [-0.2, 0) is 24.4 Å². The van der Waals surface area contributed by atoms with E-state index in [2.05, 4.69) is 42.5 Å². The van der Waals surface area contributed by atoms with Crippen LogP contribution in [0.15, 0.2) is 65.6 Å². The van der Waals surface area contributed by atoms with Crippen LogP contribution in [0.1, 0.15) is 30.9 Å². The van der Waals surface area contributed by atoms with Crippen molar-refractivity contribution in [2.24, 2.45) is 0 Å².